The van der Waals surface area contributed by atoms with Crippen LogP contribution in [0.1, 0.15) is 19.3 Å². The quantitative estimate of drug-likeness (QED) is 0.552. The van der Waals surface area contributed by atoms with Crippen molar-refractivity contribution in [1.82, 2.24) is 5.32 Å². The van der Waals surface area contributed by atoms with E-state index >= 15 is 0 Å². The maximum absolute atomic E-state index is 11.6. The number of rotatable bonds is 5. The fourth-order valence-electron chi connectivity index (χ4n) is 1.88. The molecule has 5 nitrogen and oxygen atoms in total. The number of benzene rings is 1. The van der Waals surface area contributed by atoms with Gasteiger partial charge >= 0.3 is 0 Å². The van der Waals surface area contributed by atoms with Crippen LogP contribution in [0.5, 0.6) is 0 Å². The number of hydrogen-bond donors (Lipinski definition) is 3. The Morgan fingerprint density at radius 3 is 2.68 bits per heavy atom. The molecule has 1 aromatic carbocycles. The largest absolute Gasteiger partial charge is 0.370 e. The number of para-hydroxylation sites is 1. The molecule has 1 aliphatic carbocycles. The molecule has 102 valence electrons. The van der Waals surface area contributed by atoms with Crippen molar-refractivity contribution in [3.05, 3.63) is 30.3 Å². The zero-order valence-corrected chi connectivity index (χ0v) is 10.9. The summed E-state index contributed by atoms with van der Waals surface area (Å²) in [4.78, 5) is 15.6. The first-order chi connectivity index (χ1) is 9.24. The van der Waals surface area contributed by atoms with Gasteiger partial charge in [0.25, 0.3) is 0 Å². The van der Waals surface area contributed by atoms with Gasteiger partial charge in [0, 0.05) is 12.2 Å². The molecule has 1 aromatic rings. The first-order valence-electron chi connectivity index (χ1n) is 6.63. The van der Waals surface area contributed by atoms with Gasteiger partial charge in [-0.05, 0) is 30.9 Å². The van der Waals surface area contributed by atoms with Crippen molar-refractivity contribution in [2.75, 3.05) is 18.4 Å². The lowest BCUT2D eigenvalue weighted by Crippen LogP contribution is -2.37. The average Bonchev–Trinajstić information content (AvgIpc) is 2.36. The van der Waals surface area contributed by atoms with E-state index in [4.69, 9.17) is 5.73 Å². The van der Waals surface area contributed by atoms with Gasteiger partial charge in [0.2, 0.25) is 5.91 Å². The van der Waals surface area contributed by atoms with Gasteiger partial charge in [0.1, 0.15) is 6.54 Å². The minimum Gasteiger partial charge on any atom is -0.370 e. The summed E-state index contributed by atoms with van der Waals surface area (Å²) in [6, 6.07) is 9.30. The van der Waals surface area contributed by atoms with Crippen LogP contribution in [-0.4, -0.2) is 25.0 Å². The minimum atomic E-state index is -0.167. The van der Waals surface area contributed by atoms with E-state index in [2.05, 4.69) is 15.6 Å². The molecular weight excluding hydrogens is 240 g/mol. The van der Waals surface area contributed by atoms with Crippen LogP contribution in [0, 0.1) is 5.92 Å². The fraction of sp³-hybridized carbons (Fsp3) is 0.429. The highest BCUT2D eigenvalue weighted by molar-refractivity contribution is 5.93. The van der Waals surface area contributed by atoms with E-state index in [1.807, 2.05) is 30.3 Å². The number of amides is 1. The van der Waals surface area contributed by atoms with Crippen LogP contribution in [-0.2, 0) is 4.79 Å². The van der Waals surface area contributed by atoms with Crippen LogP contribution in [0.2, 0.25) is 0 Å². The molecule has 1 saturated carbocycles. The zero-order valence-electron chi connectivity index (χ0n) is 10.9. The van der Waals surface area contributed by atoms with E-state index in [0.29, 0.717) is 11.9 Å². The monoisotopic (exact) mass is 260 g/mol. The summed E-state index contributed by atoms with van der Waals surface area (Å²) in [6.45, 7) is 0.897. The lowest BCUT2D eigenvalue weighted by molar-refractivity contribution is -0.114. The van der Waals surface area contributed by atoms with Crippen molar-refractivity contribution in [2.24, 2.45) is 16.6 Å². The Kier molecular flexibility index (Phi) is 4.78. The van der Waals surface area contributed by atoms with E-state index in [0.717, 1.165) is 12.2 Å². The van der Waals surface area contributed by atoms with Crippen LogP contribution < -0.4 is 16.4 Å². The van der Waals surface area contributed by atoms with Crippen molar-refractivity contribution >= 4 is 17.6 Å². The number of carbonyl (C=O) groups excluding carboxylic acids is 1. The van der Waals surface area contributed by atoms with Gasteiger partial charge < -0.3 is 16.4 Å². The Labute approximate surface area is 113 Å². The number of nitrogens with one attached hydrogen (secondary N) is 2. The Balaban J connectivity index is 1.69. The highest BCUT2D eigenvalue weighted by Crippen LogP contribution is 2.24. The fourth-order valence-corrected chi connectivity index (χ4v) is 1.88. The molecule has 0 atom stereocenters. The number of anilines is 1. The number of hydrogen-bond acceptors (Lipinski definition) is 2. The molecule has 0 heterocycles. The van der Waals surface area contributed by atoms with Gasteiger partial charge in [0.15, 0.2) is 5.96 Å². The third-order valence-corrected chi connectivity index (χ3v) is 3.25. The standard InChI is InChI=1S/C14H20N4O/c15-14(16-9-11-5-4-6-11)17-10-13(19)18-12-7-2-1-3-8-12/h1-3,7-8,11H,4-6,9-10H2,(H,18,19)(H3,15,16,17). The SMILES string of the molecule is NC(=NCC(=O)Nc1ccccc1)NCC1CCC1. The summed E-state index contributed by atoms with van der Waals surface area (Å²) in [5.74, 6) is 0.890. The van der Waals surface area contributed by atoms with E-state index in [1.54, 1.807) is 0 Å². The molecule has 0 bridgehead atoms. The molecule has 0 aromatic heterocycles. The second-order valence-corrected chi connectivity index (χ2v) is 4.79. The molecule has 19 heavy (non-hydrogen) atoms. The summed E-state index contributed by atoms with van der Waals surface area (Å²) in [7, 11) is 0. The maximum atomic E-state index is 11.6. The van der Waals surface area contributed by atoms with Gasteiger partial charge in [0.05, 0.1) is 0 Å². The van der Waals surface area contributed by atoms with Crippen LogP contribution in [0.4, 0.5) is 5.69 Å². The van der Waals surface area contributed by atoms with Crippen molar-refractivity contribution in [3.63, 3.8) is 0 Å². The normalized spacial score (nSPS) is 15.7. The molecule has 0 unspecified atom stereocenters. The summed E-state index contributed by atoms with van der Waals surface area (Å²) in [5.41, 5.74) is 6.47. The van der Waals surface area contributed by atoms with Crippen LogP contribution in [0.3, 0.4) is 0 Å². The van der Waals surface area contributed by atoms with Gasteiger partial charge in [-0.1, -0.05) is 24.6 Å². The highest BCUT2D eigenvalue weighted by Gasteiger charge is 2.16. The lowest BCUT2D eigenvalue weighted by atomic mass is 9.85. The molecule has 0 radical (unpaired) electrons. The van der Waals surface area contributed by atoms with Crippen molar-refractivity contribution in [2.45, 2.75) is 19.3 Å². The Morgan fingerprint density at radius 2 is 2.05 bits per heavy atom. The second-order valence-electron chi connectivity index (χ2n) is 4.79. The van der Waals surface area contributed by atoms with Gasteiger partial charge in [-0.3, -0.25) is 4.79 Å². The van der Waals surface area contributed by atoms with Crippen molar-refractivity contribution < 1.29 is 4.79 Å². The molecule has 1 fully saturated rings. The van der Waals surface area contributed by atoms with Crippen LogP contribution in [0.25, 0.3) is 0 Å². The second kappa shape index (κ2) is 6.78. The van der Waals surface area contributed by atoms with Gasteiger partial charge in [-0.25, -0.2) is 4.99 Å². The molecule has 0 saturated heterocycles. The molecule has 0 aliphatic heterocycles. The maximum Gasteiger partial charge on any atom is 0.246 e. The summed E-state index contributed by atoms with van der Waals surface area (Å²) < 4.78 is 0. The minimum absolute atomic E-state index is 0.0401. The first-order valence-corrected chi connectivity index (χ1v) is 6.63. The number of nitrogens with zero attached hydrogens (tertiary/aromatic N) is 1. The molecule has 4 N–H and O–H groups in total. The lowest BCUT2D eigenvalue weighted by Gasteiger charge is -2.25. The van der Waals surface area contributed by atoms with E-state index in [1.165, 1.54) is 19.3 Å². The van der Waals surface area contributed by atoms with E-state index in [9.17, 15) is 4.79 Å². The van der Waals surface area contributed by atoms with Crippen molar-refractivity contribution in [3.8, 4) is 0 Å². The third kappa shape index (κ3) is 4.62. The topological polar surface area (TPSA) is 79.5 Å². The van der Waals surface area contributed by atoms with Gasteiger partial charge in [-0.15, -0.1) is 0 Å². The molecule has 2 rings (SSSR count). The molecule has 0 spiro atoms. The zero-order chi connectivity index (χ0) is 13.5. The molecule has 1 amide bonds. The number of carbonyl (C=O) groups is 1. The summed E-state index contributed by atoms with van der Waals surface area (Å²) >= 11 is 0. The molecule has 5 heteroatoms. The Morgan fingerprint density at radius 1 is 1.32 bits per heavy atom. The van der Waals surface area contributed by atoms with Gasteiger partial charge in [-0.2, -0.15) is 0 Å². The number of nitrogens with two attached hydrogens (primary N) is 1. The Hall–Kier alpha value is -2.04. The highest BCUT2D eigenvalue weighted by atomic mass is 16.1. The summed E-state index contributed by atoms with van der Waals surface area (Å²) in [6.07, 6.45) is 3.83. The number of guanidine groups is 1. The van der Waals surface area contributed by atoms with E-state index < -0.39 is 0 Å². The van der Waals surface area contributed by atoms with Crippen LogP contribution in [0.15, 0.2) is 35.3 Å². The van der Waals surface area contributed by atoms with E-state index in [-0.39, 0.29) is 12.5 Å². The average molecular weight is 260 g/mol. The summed E-state index contributed by atoms with van der Waals surface area (Å²) in [5, 5.41) is 5.81. The smallest absolute Gasteiger partial charge is 0.246 e. The van der Waals surface area contributed by atoms with Crippen LogP contribution >= 0.6 is 0 Å². The third-order valence-electron chi connectivity index (χ3n) is 3.25. The van der Waals surface area contributed by atoms with Crippen molar-refractivity contribution in [1.29, 1.82) is 0 Å². The first kappa shape index (κ1) is 13.4. The molecule has 1 aliphatic rings. The predicted molar refractivity (Wildman–Crippen MR) is 76.9 cm³/mol. The Bertz CT molecular complexity index is 440. The predicted octanol–water partition coefficient (Wildman–Crippen LogP) is 1.33. The molecular formula is C14H20N4O. The number of aliphatic imine (C=N–C) groups is 1.